The molecule has 1 rings (SSSR count). The monoisotopic (exact) mass is 310 g/mol. The van der Waals surface area contributed by atoms with E-state index < -0.39 is 10.0 Å². The molecule has 0 aliphatic carbocycles. The van der Waals surface area contributed by atoms with Gasteiger partial charge >= 0.3 is 0 Å². The molecule has 0 saturated heterocycles. The minimum atomic E-state index is -3.34. The van der Waals surface area contributed by atoms with Crippen molar-refractivity contribution in [1.29, 1.82) is 0 Å². The van der Waals surface area contributed by atoms with Crippen LogP contribution in [0.1, 0.15) is 25.0 Å². The number of nitrogens with one attached hydrogen (secondary N) is 1. The molecule has 0 unspecified atom stereocenters. The molecule has 0 heterocycles. The molecule has 1 aromatic rings. The van der Waals surface area contributed by atoms with Crippen molar-refractivity contribution in [1.82, 2.24) is 4.72 Å². The predicted molar refractivity (Wildman–Crippen MR) is 84.1 cm³/mol. The van der Waals surface area contributed by atoms with Gasteiger partial charge in [-0.3, -0.25) is 0 Å². The van der Waals surface area contributed by atoms with Gasteiger partial charge in [-0.25, -0.2) is 13.1 Å². The summed E-state index contributed by atoms with van der Waals surface area (Å²) in [6.45, 7) is 4.46. The van der Waals surface area contributed by atoms with E-state index in [1.807, 2.05) is 38.1 Å². The molecule has 21 heavy (non-hydrogen) atoms. The highest BCUT2D eigenvalue weighted by Gasteiger charge is 2.10. The van der Waals surface area contributed by atoms with E-state index in [-0.39, 0.29) is 25.0 Å². The van der Waals surface area contributed by atoms with Crippen LogP contribution in [0.25, 0.3) is 0 Å². The fraction of sp³-hybridized carbons (Fsp3) is 0.467. The van der Waals surface area contributed by atoms with E-state index in [9.17, 15) is 8.42 Å². The molecule has 0 saturated carbocycles. The Balaban J connectivity index is 2.54. The maximum absolute atomic E-state index is 11.8. The number of sulfonamides is 1. The third-order valence-electron chi connectivity index (χ3n) is 2.56. The molecule has 0 aliphatic rings. The van der Waals surface area contributed by atoms with Crippen molar-refractivity contribution in [2.75, 3.05) is 18.9 Å². The van der Waals surface area contributed by atoms with Crippen molar-refractivity contribution < 1.29 is 13.2 Å². The lowest BCUT2D eigenvalue weighted by molar-refractivity contribution is 0.0911. The van der Waals surface area contributed by atoms with Crippen molar-refractivity contribution in [3.05, 3.63) is 35.4 Å². The van der Waals surface area contributed by atoms with Crippen LogP contribution in [0, 0.1) is 11.8 Å². The average molecular weight is 310 g/mol. The molecule has 0 fully saturated rings. The van der Waals surface area contributed by atoms with Crippen molar-refractivity contribution in [3.63, 3.8) is 0 Å². The highest BCUT2D eigenvalue weighted by molar-refractivity contribution is 7.89. The minimum absolute atomic E-state index is 0.0259. The molecule has 0 radical (unpaired) electrons. The van der Waals surface area contributed by atoms with E-state index in [1.54, 1.807) is 0 Å². The van der Waals surface area contributed by atoms with Gasteiger partial charge < -0.3 is 10.5 Å². The lowest BCUT2D eigenvalue weighted by Crippen LogP contribution is -2.28. The standard InChI is InChI=1S/C15H22N2O3S/c1-13(2)20-9-10-21(18,19)17-12-15-6-3-5-14(11-15)7-4-8-16/h3,5-6,11,13,17H,8-10,12,16H2,1-2H3. The van der Waals surface area contributed by atoms with Crippen LogP contribution < -0.4 is 10.5 Å². The normalized spacial score (nSPS) is 11.2. The maximum Gasteiger partial charge on any atom is 0.214 e. The topological polar surface area (TPSA) is 81.4 Å². The van der Waals surface area contributed by atoms with Gasteiger partial charge in [-0.2, -0.15) is 0 Å². The number of ether oxygens (including phenoxy) is 1. The van der Waals surface area contributed by atoms with Crippen molar-refractivity contribution in [2.24, 2.45) is 5.73 Å². The van der Waals surface area contributed by atoms with E-state index in [1.165, 1.54) is 0 Å². The number of hydrogen-bond acceptors (Lipinski definition) is 4. The molecule has 0 aromatic heterocycles. The molecule has 5 nitrogen and oxygen atoms in total. The second kappa shape index (κ2) is 8.80. The smallest absolute Gasteiger partial charge is 0.214 e. The number of rotatable bonds is 7. The largest absolute Gasteiger partial charge is 0.378 e. The first-order chi connectivity index (χ1) is 9.93. The van der Waals surface area contributed by atoms with Crippen LogP contribution in [0.3, 0.4) is 0 Å². The van der Waals surface area contributed by atoms with Gasteiger partial charge in [0.05, 0.1) is 25.0 Å². The van der Waals surface area contributed by atoms with E-state index in [4.69, 9.17) is 10.5 Å². The minimum Gasteiger partial charge on any atom is -0.378 e. The second-order valence-corrected chi connectivity index (χ2v) is 6.69. The zero-order valence-corrected chi connectivity index (χ0v) is 13.2. The van der Waals surface area contributed by atoms with Gasteiger partial charge in [0.2, 0.25) is 10.0 Å². The predicted octanol–water partition coefficient (Wildman–Crippen LogP) is 0.841. The van der Waals surface area contributed by atoms with Gasteiger partial charge in [0.25, 0.3) is 0 Å². The third-order valence-corrected chi connectivity index (χ3v) is 3.85. The first-order valence-electron chi connectivity index (χ1n) is 6.80. The van der Waals surface area contributed by atoms with Gasteiger partial charge in [-0.05, 0) is 31.5 Å². The van der Waals surface area contributed by atoms with E-state index >= 15 is 0 Å². The Kier molecular flexibility index (Phi) is 7.40. The summed E-state index contributed by atoms with van der Waals surface area (Å²) >= 11 is 0. The highest BCUT2D eigenvalue weighted by atomic mass is 32.2. The molecule has 3 N–H and O–H groups in total. The molecule has 0 amide bonds. The fourth-order valence-electron chi connectivity index (χ4n) is 1.57. The molecule has 0 aliphatic heterocycles. The molecule has 116 valence electrons. The Bertz CT molecular complexity index is 601. The summed E-state index contributed by atoms with van der Waals surface area (Å²) in [5.74, 6) is 5.64. The number of hydrogen-bond donors (Lipinski definition) is 2. The van der Waals surface area contributed by atoms with Crippen LogP contribution in [0.5, 0.6) is 0 Å². The Morgan fingerprint density at radius 2 is 2.14 bits per heavy atom. The lowest BCUT2D eigenvalue weighted by atomic mass is 10.1. The highest BCUT2D eigenvalue weighted by Crippen LogP contribution is 2.04. The first kappa shape index (κ1) is 17.7. The van der Waals surface area contributed by atoms with Crippen LogP contribution in [0.2, 0.25) is 0 Å². The third kappa shape index (κ3) is 7.83. The maximum atomic E-state index is 11.8. The van der Waals surface area contributed by atoms with E-state index in [2.05, 4.69) is 16.6 Å². The Morgan fingerprint density at radius 1 is 1.38 bits per heavy atom. The average Bonchev–Trinajstić information content (AvgIpc) is 2.43. The summed E-state index contributed by atoms with van der Waals surface area (Å²) in [6.07, 6.45) is 0.0259. The first-order valence-corrected chi connectivity index (χ1v) is 8.45. The van der Waals surface area contributed by atoms with Gasteiger partial charge in [-0.15, -0.1) is 0 Å². The van der Waals surface area contributed by atoms with Crippen molar-refractivity contribution >= 4 is 10.0 Å². The molecule has 0 spiro atoms. The van der Waals surface area contributed by atoms with Gasteiger partial charge in [0.15, 0.2) is 0 Å². The zero-order valence-electron chi connectivity index (χ0n) is 12.4. The van der Waals surface area contributed by atoms with Crippen LogP contribution in [0.4, 0.5) is 0 Å². The quantitative estimate of drug-likeness (QED) is 0.731. The number of nitrogens with two attached hydrogens (primary N) is 1. The molecule has 0 bridgehead atoms. The van der Waals surface area contributed by atoms with Crippen LogP contribution in [0.15, 0.2) is 24.3 Å². The Labute approximate surface area is 126 Å². The van der Waals surface area contributed by atoms with Gasteiger partial charge in [0, 0.05) is 12.1 Å². The van der Waals surface area contributed by atoms with Gasteiger partial charge in [0.1, 0.15) is 0 Å². The summed E-state index contributed by atoms with van der Waals surface area (Å²) in [5.41, 5.74) is 6.99. The number of benzene rings is 1. The summed E-state index contributed by atoms with van der Waals surface area (Å²) in [5, 5.41) is 0. The van der Waals surface area contributed by atoms with Gasteiger partial charge in [-0.1, -0.05) is 24.0 Å². The SMILES string of the molecule is CC(C)OCCS(=O)(=O)NCc1cccc(C#CCN)c1. The molecule has 6 heteroatoms. The second-order valence-electron chi connectivity index (χ2n) is 4.77. The van der Waals surface area contributed by atoms with Crippen molar-refractivity contribution in [2.45, 2.75) is 26.5 Å². The summed E-state index contributed by atoms with van der Waals surface area (Å²) in [4.78, 5) is 0. The summed E-state index contributed by atoms with van der Waals surface area (Å²) in [7, 11) is -3.34. The zero-order chi connectivity index (χ0) is 15.7. The molecular weight excluding hydrogens is 288 g/mol. The molecule has 0 atom stereocenters. The lowest BCUT2D eigenvalue weighted by Gasteiger charge is -2.09. The van der Waals surface area contributed by atoms with Crippen LogP contribution >= 0.6 is 0 Å². The van der Waals surface area contributed by atoms with Crippen LogP contribution in [-0.4, -0.2) is 33.4 Å². The Hall–Kier alpha value is -1.39. The summed E-state index contributed by atoms with van der Waals surface area (Å²) in [6, 6.07) is 7.39. The molecular formula is C15H22N2O3S. The fourth-order valence-corrected chi connectivity index (χ4v) is 2.42. The Morgan fingerprint density at radius 3 is 2.81 bits per heavy atom. The van der Waals surface area contributed by atoms with Crippen molar-refractivity contribution in [3.8, 4) is 11.8 Å². The summed E-state index contributed by atoms with van der Waals surface area (Å²) < 4.78 is 31.4. The van der Waals surface area contributed by atoms with E-state index in [0.29, 0.717) is 6.54 Å². The van der Waals surface area contributed by atoms with Crippen LogP contribution in [-0.2, 0) is 21.3 Å². The molecule has 1 aromatic carbocycles. The van der Waals surface area contributed by atoms with E-state index in [0.717, 1.165) is 11.1 Å².